The lowest BCUT2D eigenvalue weighted by Crippen LogP contribution is -2.41. The van der Waals surface area contributed by atoms with E-state index in [1.165, 1.54) is 7.11 Å². The van der Waals surface area contributed by atoms with E-state index in [2.05, 4.69) is 10.1 Å². The van der Waals surface area contributed by atoms with Crippen LogP contribution in [0.5, 0.6) is 0 Å². The number of esters is 1. The predicted octanol–water partition coefficient (Wildman–Crippen LogP) is 0.887. The summed E-state index contributed by atoms with van der Waals surface area (Å²) in [5, 5.41) is 12.9. The highest BCUT2D eigenvalue weighted by atomic mass is 35.5. The second-order valence-electron chi connectivity index (χ2n) is 4.92. The molecule has 1 aliphatic heterocycles. The van der Waals surface area contributed by atoms with Gasteiger partial charge in [0.25, 0.3) is 0 Å². The molecule has 114 valence electrons. The molecule has 2 N–H and O–H groups in total. The molecule has 1 aromatic carbocycles. The van der Waals surface area contributed by atoms with Gasteiger partial charge in [-0.1, -0.05) is 17.7 Å². The highest BCUT2D eigenvalue weighted by Crippen LogP contribution is 2.19. The summed E-state index contributed by atoms with van der Waals surface area (Å²) in [5.41, 5.74) is 0.585. The molecule has 6 nitrogen and oxygen atoms in total. The summed E-state index contributed by atoms with van der Waals surface area (Å²) in [5.74, 6) is -0.720. The van der Waals surface area contributed by atoms with E-state index in [0.29, 0.717) is 10.7 Å². The number of benzene rings is 1. The van der Waals surface area contributed by atoms with Crippen LogP contribution in [0.3, 0.4) is 0 Å². The average molecular weight is 313 g/mol. The third-order valence-electron chi connectivity index (χ3n) is 3.31. The molecular formula is C14H17ClN2O4. The number of ether oxygens (including phenoxy) is 1. The molecule has 2 unspecified atom stereocenters. The first-order valence-corrected chi connectivity index (χ1v) is 6.92. The zero-order valence-electron chi connectivity index (χ0n) is 11.6. The van der Waals surface area contributed by atoms with Gasteiger partial charge in [-0.3, -0.25) is 14.5 Å². The molecule has 1 fully saturated rings. The Labute approximate surface area is 127 Å². The molecule has 0 bridgehead atoms. The van der Waals surface area contributed by atoms with Crippen LogP contribution in [0.15, 0.2) is 24.3 Å². The van der Waals surface area contributed by atoms with Crippen molar-refractivity contribution in [1.82, 2.24) is 4.90 Å². The number of likely N-dealkylation sites (tertiary alicyclic amines) is 1. The number of hydrogen-bond acceptors (Lipinski definition) is 5. The largest absolute Gasteiger partial charge is 0.468 e. The minimum atomic E-state index is -0.631. The van der Waals surface area contributed by atoms with Crippen molar-refractivity contribution < 1.29 is 19.4 Å². The molecule has 0 aliphatic carbocycles. The van der Waals surface area contributed by atoms with Gasteiger partial charge < -0.3 is 15.2 Å². The smallest absolute Gasteiger partial charge is 0.323 e. The Hall–Kier alpha value is -1.63. The Morgan fingerprint density at radius 1 is 1.52 bits per heavy atom. The SMILES string of the molecule is COC(=O)C1CC(O)CN1CC(=O)Nc1cccc(Cl)c1. The van der Waals surface area contributed by atoms with Crippen molar-refractivity contribution >= 4 is 29.2 Å². The van der Waals surface area contributed by atoms with Gasteiger partial charge in [0.15, 0.2) is 0 Å². The fourth-order valence-corrected chi connectivity index (χ4v) is 2.58. The first kappa shape index (κ1) is 15.8. The molecule has 1 aromatic rings. The zero-order chi connectivity index (χ0) is 15.4. The topological polar surface area (TPSA) is 78.9 Å². The third-order valence-corrected chi connectivity index (χ3v) is 3.54. The maximum Gasteiger partial charge on any atom is 0.323 e. The molecule has 1 saturated heterocycles. The van der Waals surface area contributed by atoms with Gasteiger partial charge in [-0.15, -0.1) is 0 Å². The van der Waals surface area contributed by atoms with Gasteiger partial charge in [-0.05, 0) is 18.2 Å². The maximum absolute atomic E-state index is 12.0. The second-order valence-corrected chi connectivity index (χ2v) is 5.35. The van der Waals surface area contributed by atoms with Crippen LogP contribution >= 0.6 is 11.6 Å². The Bertz CT molecular complexity index is 537. The van der Waals surface area contributed by atoms with Crippen molar-refractivity contribution in [3.05, 3.63) is 29.3 Å². The van der Waals surface area contributed by atoms with Gasteiger partial charge in [0.1, 0.15) is 6.04 Å². The number of hydrogen-bond donors (Lipinski definition) is 2. The van der Waals surface area contributed by atoms with Crippen LogP contribution in [-0.2, 0) is 14.3 Å². The van der Waals surface area contributed by atoms with E-state index in [0.717, 1.165) is 0 Å². The highest BCUT2D eigenvalue weighted by molar-refractivity contribution is 6.30. The molecule has 1 heterocycles. The molecule has 0 saturated carbocycles. The van der Waals surface area contributed by atoms with Crippen LogP contribution in [-0.4, -0.2) is 54.2 Å². The maximum atomic E-state index is 12.0. The fraction of sp³-hybridized carbons (Fsp3) is 0.429. The molecule has 0 aromatic heterocycles. The Morgan fingerprint density at radius 2 is 2.29 bits per heavy atom. The minimum absolute atomic E-state index is 0.00331. The van der Waals surface area contributed by atoms with E-state index in [-0.39, 0.29) is 25.4 Å². The van der Waals surface area contributed by atoms with E-state index in [9.17, 15) is 14.7 Å². The third kappa shape index (κ3) is 4.17. The van der Waals surface area contributed by atoms with E-state index in [1.807, 2.05) is 0 Å². The molecule has 2 rings (SSSR count). The first-order chi connectivity index (χ1) is 9.99. The van der Waals surface area contributed by atoms with Gasteiger partial charge in [0.2, 0.25) is 5.91 Å². The number of β-amino-alcohol motifs (C(OH)–C–C–N with tert-alkyl or cyclic N) is 1. The van der Waals surface area contributed by atoms with Crippen molar-refractivity contribution in [2.75, 3.05) is 25.5 Å². The molecule has 21 heavy (non-hydrogen) atoms. The van der Waals surface area contributed by atoms with Crippen molar-refractivity contribution in [3.8, 4) is 0 Å². The predicted molar refractivity (Wildman–Crippen MR) is 78.1 cm³/mol. The van der Waals surface area contributed by atoms with Gasteiger partial charge in [-0.2, -0.15) is 0 Å². The van der Waals surface area contributed by atoms with Crippen molar-refractivity contribution in [2.24, 2.45) is 0 Å². The summed E-state index contributed by atoms with van der Waals surface area (Å²) < 4.78 is 4.69. The number of nitrogens with zero attached hydrogens (tertiary/aromatic N) is 1. The Balaban J connectivity index is 1.96. The normalized spacial score (nSPS) is 22.0. The zero-order valence-corrected chi connectivity index (χ0v) is 12.3. The van der Waals surface area contributed by atoms with Crippen molar-refractivity contribution in [1.29, 1.82) is 0 Å². The van der Waals surface area contributed by atoms with Crippen LogP contribution < -0.4 is 5.32 Å². The van der Waals surface area contributed by atoms with Gasteiger partial charge >= 0.3 is 5.97 Å². The summed E-state index contributed by atoms with van der Waals surface area (Å²) in [4.78, 5) is 25.3. The molecular weight excluding hydrogens is 296 g/mol. The van der Waals surface area contributed by atoms with E-state index < -0.39 is 18.1 Å². The lowest BCUT2D eigenvalue weighted by molar-refractivity contribution is -0.146. The van der Waals surface area contributed by atoms with Gasteiger partial charge in [0, 0.05) is 23.7 Å². The number of carbonyl (C=O) groups is 2. The molecule has 2 atom stereocenters. The highest BCUT2D eigenvalue weighted by Gasteiger charge is 2.37. The quantitative estimate of drug-likeness (QED) is 0.807. The number of amides is 1. The van der Waals surface area contributed by atoms with Crippen LogP contribution in [0.25, 0.3) is 0 Å². The lowest BCUT2D eigenvalue weighted by atomic mass is 10.2. The van der Waals surface area contributed by atoms with Gasteiger partial charge in [-0.25, -0.2) is 0 Å². The van der Waals surface area contributed by atoms with E-state index in [4.69, 9.17) is 11.6 Å². The van der Waals surface area contributed by atoms with Crippen LogP contribution in [0.1, 0.15) is 6.42 Å². The number of rotatable bonds is 4. The minimum Gasteiger partial charge on any atom is -0.468 e. The molecule has 1 amide bonds. The number of aliphatic hydroxyl groups is 1. The Kier molecular flexibility index (Phi) is 5.17. The summed E-state index contributed by atoms with van der Waals surface area (Å²) in [6, 6.07) is 6.21. The van der Waals surface area contributed by atoms with Crippen LogP contribution in [0, 0.1) is 0 Å². The van der Waals surface area contributed by atoms with Crippen LogP contribution in [0.4, 0.5) is 5.69 Å². The second kappa shape index (κ2) is 6.89. The monoisotopic (exact) mass is 312 g/mol. The summed E-state index contributed by atoms with van der Waals surface area (Å²) in [6.07, 6.45) is -0.356. The number of anilines is 1. The standard InChI is InChI=1S/C14H17ClN2O4/c1-21-14(20)12-6-11(18)7-17(12)8-13(19)16-10-4-2-3-9(15)5-10/h2-5,11-12,18H,6-8H2,1H3,(H,16,19). The summed E-state index contributed by atoms with van der Waals surface area (Å²) >= 11 is 5.85. The molecule has 0 spiro atoms. The summed E-state index contributed by atoms with van der Waals surface area (Å²) in [7, 11) is 1.29. The number of halogens is 1. The average Bonchev–Trinajstić information content (AvgIpc) is 2.78. The Morgan fingerprint density at radius 3 is 2.95 bits per heavy atom. The van der Waals surface area contributed by atoms with E-state index in [1.54, 1.807) is 29.2 Å². The van der Waals surface area contributed by atoms with Crippen molar-refractivity contribution in [2.45, 2.75) is 18.6 Å². The number of nitrogens with one attached hydrogen (secondary N) is 1. The molecule has 1 aliphatic rings. The number of methoxy groups -OCH3 is 1. The number of carbonyl (C=O) groups excluding carboxylic acids is 2. The molecule has 0 radical (unpaired) electrons. The first-order valence-electron chi connectivity index (χ1n) is 6.55. The van der Waals surface area contributed by atoms with Gasteiger partial charge in [0.05, 0.1) is 19.8 Å². The molecule has 7 heteroatoms. The van der Waals surface area contributed by atoms with Crippen molar-refractivity contribution in [3.63, 3.8) is 0 Å². The number of aliphatic hydroxyl groups excluding tert-OH is 1. The van der Waals surface area contributed by atoms with E-state index >= 15 is 0 Å². The van der Waals surface area contributed by atoms with Crippen LogP contribution in [0.2, 0.25) is 5.02 Å². The summed E-state index contributed by atoms with van der Waals surface area (Å²) in [6.45, 7) is 0.270. The fourth-order valence-electron chi connectivity index (χ4n) is 2.39. The lowest BCUT2D eigenvalue weighted by Gasteiger charge is -2.21.